The summed E-state index contributed by atoms with van der Waals surface area (Å²) in [7, 11) is -8.69. The second-order valence-electron chi connectivity index (χ2n) is 5.51. The fraction of sp³-hybridized carbons (Fsp3) is 0.250. The maximum absolute atomic E-state index is 12.5. The summed E-state index contributed by atoms with van der Waals surface area (Å²) in [4.78, 5) is -0.152. The van der Waals surface area contributed by atoms with Gasteiger partial charge in [0.25, 0.3) is 0 Å². The Bertz CT molecular complexity index is 988. The van der Waals surface area contributed by atoms with Crippen LogP contribution < -0.4 is 5.73 Å². The molecule has 0 saturated carbocycles. The first-order valence-electron chi connectivity index (χ1n) is 7.56. The molecule has 148 valence electrons. The average molecular weight is 415 g/mol. The molecule has 0 saturated heterocycles. The van der Waals surface area contributed by atoms with Gasteiger partial charge in [-0.25, -0.2) is 18.1 Å². The normalized spacial score (nSPS) is 13.4. The number of nitrogens with one attached hydrogen (secondary N) is 1. The molecule has 0 bridgehead atoms. The molecule has 11 heteroatoms. The predicted molar refractivity (Wildman–Crippen MR) is 103 cm³/mol. The van der Waals surface area contributed by atoms with Crippen LogP contribution in [0.4, 0.5) is 5.69 Å². The lowest BCUT2D eigenvalue weighted by atomic mass is 10.00. The smallest absolute Gasteiger partial charge is 0.397 e. The molecule has 0 aliphatic carbocycles. The first kappa shape index (κ1) is 22.7. The summed E-state index contributed by atoms with van der Waals surface area (Å²) in [6.07, 6.45) is 2.58. The molecule has 27 heavy (non-hydrogen) atoms. The predicted octanol–water partition coefficient (Wildman–Crippen LogP) is 2.64. The summed E-state index contributed by atoms with van der Waals surface area (Å²) in [5.74, 6) is -0.684. The van der Waals surface area contributed by atoms with Gasteiger partial charge in [-0.15, -0.1) is 0 Å². The van der Waals surface area contributed by atoms with E-state index in [2.05, 4.69) is 15.9 Å². The van der Waals surface area contributed by atoms with E-state index in [9.17, 15) is 16.8 Å². The van der Waals surface area contributed by atoms with Crippen molar-refractivity contribution in [3.05, 3.63) is 58.7 Å². The highest BCUT2D eigenvalue weighted by atomic mass is 32.3. The van der Waals surface area contributed by atoms with E-state index in [4.69, 9.17) is 15.8 Å². The molecule has 1 rings (SSSR count). The van der Waals surface area contributed by atoms with Gasteiger partial charge in [-0.05, 0) is 43.2 Å². The zero-order chi connectivity index (χ0) is 20.8. The fourth-order valence-corrected chi connectivity index (χ4v) is 3.82. The number of anilines is 1. The average Bonchev–Trinajstić information content (AvgIpc) is 2.52. The third kappa shape index (κ3) is 7.06. The zero-order valence-electron chi connectivity index (χ0n) is 14.8. The molecule has 9 nitrogen and oxygen atoms in total. The molecule has 1 aromatic rings. The number of sulfone groups is 1. The highest BCUT2D eigenvalue weighted by Crippen LogP contribution is 2.28. The van der Waals surface area contributed by atoms with E-state index in [1.54, 1.807) is 25.1 Å². The monoisotopic (exact) mass is 415 g/mol. The van der Waals surface area contributed by atoms with Crippen LogP contribution in [0.1, 0.15) is 18.1 Å². The molecule has 1 aromatic carbocycles. The van der Waals surface area contributed by atoms with Crippen molar-refractivity contribution in [2.24, 2.45) is 5.11 Å². The Balaban J connectivity index is 3.34. The topological polar surface area (TPSA) is 160 Å². The summed E-state index contributed by atoms with van der Waals surface area (Å²) in [6.45, 7) is 6.19. The maximum atomic E-state index is 12.5. The van der Waals surface area contributed by atoms with Gasteiger partial charge in [0.1, 0.15) is 0 Å². The Morgan fingerprint density at radius 3 is 2.44 bits per heavy atom. The standard InChI is InChI=1S/C16H21N3O6S2/c1-4-15(26(20,21)6-5-25-27(22,23)24)10-16(12(3)19-18)13-7-11(2)8-14(17)9-13/h4,7-10,18H,3,5-6,17H2,1-2H3,(H,22,23,24). The van der Waals surface area contributed by atoms with Crippen molar-refractivity contribution in [2.75, 3.05) is 18.1 Å². The number of nitrogens with zero attached hydrogens (tertiary/aromatic N) is 1. The van der Waals surface area contributed by atoms with Crippen LogP contribution in [0, 0.1) is 12.5 Å². The van der Waals surface area contributed by atoms with Crippen LogP contribution in [0.3, 0.4) is 0 Å². The van der Waals surface area contributed by atoms with E-state index in [0.717, 1.165) is 5.56 Å². The van der Waals surface area contributed by atoms with Crippen LogP contribution in [-0.4, -0.2) is 33.7 Å². The summed E-state index contributed by atoms with van der Waals surface area (Å²) < 4.78 is 58.6. The van der Waals surface area contributed by atoms with Gasteiger partial charge in [0.2, 0.25) is 0 Å². The Labute approximate surface area is 158 Å². The van der Waals surface area contributed by atoms with Gasteiger partial charge >= 0.3 is 10.4 Å². The van der Waals surface area contributed by atoms with Crippen molar-refractivity contribution in [3.63, 3.8) is 0 Å². The summed E-state index contributed by atoms with van der Waals surface area (Å²) in [5, 5.41) is 3.28. The molecule has 0 unspecified atom stereocenters. The molecule has 0 aliphatic heterocycles. The molecule has 0 aliphatic rings. The Kier molecular flexibility index (Phi) is 7.60. The van der Waals surface area contributed by atoms with Gasteiger partial charge in [-0.3, -0.25) is 4.55 Å². The van der Waals surface area contributed by atoms with Gasteiger partial charge in [0.15, 0.2) is 9.84 Å². The summed E-state index contributed by atoms with van der Waals surface area (Å²) >= 11 is 0. The number of allylic oxidation sites excluding steroid dienone is 3. The van der Waals surface area contributed by atoms with Crippen molar-refractivity contribution in [2.45, 2.75) is 13.8 Å². The molecule has 0 atom stereocenters. The van der Waals surface area contributed by atoms with Crippen molar-refractivity contribution < 1.29 is 25.6 Å². The first-order valence-corrected chi connectivity index (χ1v) is 10.6. The molecule has 4 N–H and O–H groups in total. The largest absolute Gasteiger partial charge is 0.399 e. The highest BCUT2D eigenvalue weighted by Gasteiger charge is 2.19. The maximum Gasteiger partial charge on any atom is 0.397 e. The minimum atomic E-state index is -4.74. The highest BCUT2D eigenvalue weighted by molar-refractivity contribution is 7.95. The fourth-order valence-electron chi connectivity index (χ4n) is 2.22. The van der Waals surface area contributed by atoms with Gasteiger partial charge in [-0.2, -0.15) is 13.5 Å². The SMILES string of the molecule is C=C(N=N)C(=CC(=CC)S(=O)(=O)CCOS(=O)(=O)O)c1cc(C)cc(N)c1. The quantitative estimate of drug-likeness (QED) is 0.242. The van der Waals surface area contributed by atoms with Crippen LogP contribution in [0.25, 0.3) is 5.57 Å². The van der Waals surface area contributed by atoms with Gasteiger partial charge in [0.05, 0.1) is 23.0 Å². The number of rotatable bonds is 9. The molecule has 0 aromatic heterocycles. The number of hydrogen-bond donors (Lipinski definition) is 3. The number of aryl methyl sites for hydroxylation is 1. The van der Waals surface area contributed by atoms with E-state index >= 15 is 0 Å². The van der Waals surface area contributed by atoms with Crippen molar-refractivity contribution >= 4 is 31.5 Å². The number of benzene rings is 1. The molecular formula is C16H21N3O6S2. The number of nitrogen functional groups attached to an aromatic ring is 1. The Morgan fingerprint density at radius 1 is 1.33 bits per heavy atom. The second kappa shape index (κ2) is 9.04. The number of hydrogen-bond acceptors (Lipinski definition) is 8. The minimum Gasteiger partial charge on any atom is -0.399 e. The zero-order valence-corrected chi connectivity index (χ0v) is 16.5. The first-order chi connectivity index (χ1) is 12.4. The van der Waals surface area contributed by atoms with E-state index in [-0.39, 0.29) is 16.2 Å². The Hall–Kier alpha value is -2.34. The van der Waals surface area contributed by atoms with Gasteiger partial charge in [-0.1, -0.05) is 18.7 Å². The van der Waals surface area contributed by atoms with Crippen LogP contribution in [0.5, 0.6) is 0 Å². The Morgan fingerprint density at radius 2 is 1.96 bits per heavy atom. The van der Waals surface area contributed by atoms with Crippen LogP contribution >= 0.6 is 0 Å². The van der Waals surface area contributed by atoms with E-state index < -0.39 is 32.6 Å². The lowest BCUT2D eigenvalue weighted by Crippen LogP contribution is -2.16. The molecular weight excluding hydrogens is 394 g/mol. The molecule has 0 heterocycles. The third-order valence-corrected chi connectivity index (χ3v) is 5.61. The van der Waals surface area contributed by atoms with Crippen molar-refractivity contribution in [1.82, 2.24) is 0 Å². The van der Waals surface area contributed by atoms with E-state index in [1.807, 2.05) is 0 Å². The molecule has 0 radical (unpaired) electrons. The lowest BCUT2D eigenvalue weighted by Gasteiger charge is -2.11. The van der Waals surface area contributed by atoms with E-state index in [0.29, 0.717) is 11.3 Å². The van der Waals surface area contributed by atoms with Gasteiger partial charge < -0.3 is 5.73 Å². The summed E-state index contributed by atoms with van der Waals surface area (Å²) in [6, 6.07) is 5.05. The van der Waals surface area contributed by atoms with Gasteiger partial charge in [0, 0.05) is 11.3 Å². The van der Waals surface area contributed by atoms with Crippen LogP contribution in [0.15, 0.2) is 52.6 Å². The summed E-state index contributed by atoms with van der Waals surface area (Å²) in [5.41, 5.74) is 15.1. The van der Waals surface area contributed by atoms with Crippen LogP contribution in [0.2, 0.25) is 0 Å². The van der Waals surface area contributed by atoms with Crippen molar-refractivity contribution in [1.29, 1.82) is 5.53 Å². The second-order valence-corrected chi connectivity index (χ2v) is 8.71. The lowest BCUT2D eigenvalue weighted by molar-refractivity contribution is 0.284. The molecule has 0 spiro atoms. The third-order valence-electron chi connectivity index (χ3n) is 3.37. The van der Waals surface area contributed by atoms with Crippen molar-refractivity contribution in [3.8, 4) is 0 Å². The van der Waals surface area contributed by atoms with E-state index in [1.165, 1.54) is 19.1 Å². The van der Waals surface area contributed by atoms with Crippen LogP contribution in [-0.2, 0) is 24.4 Å². The number of nitrogens with two attached hydrogens (primary N) is 1. The molecule has 0 amide bonds. The molecule has 0 fully saturated rings. The minimum absolute atomic E-state index is 0.0173.